The number of carbonyl (C=O) groups is 3. The molecule has 0 spiro atoms. The highest BCUT2D eigenvalue weighted by Gasteiger charge is 2.68. The molecule has 27 heavy (non-hydrogen) atoms. The minimum absolute atomic E-state index is 0.222. The second-order valence-corrected chi connectivity index (χ2v) is 7.15. The van der Waals surface area contributed by atoms with Gasteiger partial charge in [-0.05, 0) is 24.6 Å². The molecule has 0 bridgehead atoms. The molecule has 2 fully saturated rings. The van der Waals surface area contributed by atoms with Crippen molar-refractivity contribution in [2.75, 3.05) is 39.3 Å². The third-order valence-corrected chi connectivity index (χ3v) is 5.63. The number of benzene rings is 1. The van der Waals surface area contributed by atoms with E-state index in [1.807, 2.05) is 43.3 Å². The number of methoxy groups -OCH3 is 1. The highest BCUT2D eigenvalue weighted by atomic mass is 16.5. The number of imide groups is 1. The molecule has 2 aliphatic heterocycles. The Hall–Kier alpha value is -2.45. The SMILES string of the molecule is CCN1C(=O)[C@@H]2[C@@H](C1=O)[C@](CO)(C(=O)OC)N[C@H]2c1ccc(N(C)C)cc1. The molecule has 0 aliphatic carbocycles. The van der Waals surface area contributed by atoms with E-state index in [1.165, 1.54) is 7.11 Å². The second-order valence-electron chi connectivity index (χ2n) is 7.15. The van der Waals surface area contributed by atoms with Gasteiger partial charge in [0.2, 0.25) is 11.8 Å². The molecule has 1 aromatic rings. The summed E-state index contributed by atoms with van der Waals surface area (Å²) in [4.78, 5) is 41.5. The van der Waals surface area contributed by atoms with Crippen molar-refractivity contribution in [2.24, 2.45) is 11.8 Å². The van der Waals surface area contributed by atoms with E-state index >= 15 is 0 Å². The zero-order chi connectivity index (χ0) is 19.9. The van der Waals surface area contributed by atoms with Crippen molar-refractivity contribution >= 4 is 23.5 Å². The highest BCUT2D eigenvalue weighted by molar-refractivity contribution is 6.09. The van der Waals surface area contributed by atoms with Crippen LogP contribution in [0.4, 0.5) is 5.69 Å². The van der Waals surface area contributed by atoms with Crippen LogP contribution in [0.5, 0.6) is 0 Å². The summed E-state index contributed by atoms with van der Waals surface area (Å²) in [5.41, 5.74) is 0.119. The Morgan fingerprint density at radius 3 is 2.37 bits per heavy atom. The molecule has 0 unspecified atom stereocenters. The van der Waals surface area contributed by atoms with E-state index in [4.69, 9.17) is 4.74 Å². The molecule has 2 heterocycles. The van der Waals surface area contributed by atoms with Gasteiger partial charge in [0.05, 0.1) is 25.6 Å². The third-order valence-electron chi connectivity index (χ3n) is 5.63. The molecule has 2 amide bonds. The van der Waals surface area contributed by atoms with Gasteiger partial charge in [-0.15, -0.1) is 0 Å². The fourth-order valence-corrected chi connectivity index (χ4v) is 4.22. The molecule has 146 valence electrons. The van der Waals surface area contributed by atoms with Gasteiger partial charge in [0.25, 0.3) is 0 Å². The average molecular weight is 375 g/mol. The Morgan fingerprint density at radius 1 is 1.26 bits per heavy atom. The van der Waals surface area contributed by atoms with Gasteiger partial charge in [0, 0.05) is 32.4 Å². The van der Waals surface area contributed by atoms with Gasteiger partial charge in [0.15, 0.2) is 5.54 Å². The van der Waals surface area contributed by atoms with Crippen molar-refractivity contribution in [3.63, 3.8) is 0 Å². The molecule has 2 saturated heterocycles. The lowest BCUT2D eigenvalue weighted by atomic mass is 9.79. The maximum atomic E-state index is 12.9. The van der Waals surface area contributed by atoms with Gasteiger partial charge in [0.1, 0.15) is 0 Å². The van der Waals surface area contributed by atoms with Crippen molar-refractivity contribution in [1.29, 1.82) is 0 Å². The van der Waals surface area contributed by atoms with Crippen molar-refractivity contribution in [2.45, 2.75) is 18.5 Å². The monoisotopic (exact) mass is 375 g/mol. The number of amides is 2. The number of anilines is 1. The maximum Gasteiger partial charge on any atom is 0.329 e. The minimum atomic E-state index is -1.64. The molecular weight excluding hydrogens is 350 g/mol. The van der Waals surface area contributed by atoms with Crippen LogP contribution in [0.15, 0.2) is 24.3 Å². The largest absolute Gasteiger partial charge is 0.468 e. The Kier molecular flexibility index (Phi) is 4.96. The molecule has 2 N–H and O–H groups in total. The normalized spacial score (nSPS) is 29.8. The predicted molar refractivity (Wildman–Crippen MR) is 97.9 cm³/mol. The third kappa shape index (κ3) is 2.71. The zero-order valence-corrected chi connectivity index (χ0v) is 15.9. The van der Waals surface area contributed by atoms with E-state index in [0.717, 1.165) is 16.2 Å². The number of aliphatic hydroxyl groups is 1. The van der Waals surface area contributed by atoms with Crippen LogP contribution in [0.1, 0.15) is 18.5 Å². The van der Waals surface area contributed by atoms with Gasteiger partial charge < -0.3 is 14.7 Å². The molecular formula is C19H25N3O5. The first kappa shape index (κ1) is 19.3. The molecule has 3 rings (SSSR count). The van der Waals surface area contributed by atoms with Crippen molar-refractivity contribution in [3.05, 3.63) is 29.8 Å². The molecule has 2 aliphatic rings. The van der Waals surface area contributed by atoms with Gasteiger partial charge in [-0.2, -0.15) is 0 Å². The van der Waals surface area contributed by atoms with Crippen molar-refractivity contribution in [3.8, 4) is 0 Å². The lowest BCUT2D eigenvalue weighted by Gasteiger charge is -2.30. The maximum absolute atomic E-state index is 12.9. The Bertz CT molecular complexity index is 763. The first-order chi connectivity index (χ1) is 12.8. The summed E-state index contributed by atoms with van der Waals surface area (Å²) in [6, 6.07) is 6.96. The van der Waals surface area contributed by atoms with E-state index in [9.17, 15) is 19.5 Å². The summed E-state index contributed by atoms with van der Waals surface area (Å²) in [5.74, 6) is -3.30. The molecule has 4 atom stereocenters. The van der Waals surface area contributed by atoms with Crippen molar-refractivity contribution < 1.29 is 24.2 Å². The predicted octanol–water partition coefficient (Wildman–Crippen LogP) is -0.0779. The summed E-state index contributed by atoms with van der Waals surface area (Å²) < 4.78 is 4.87. The second kappa shape index (κ2) is 6.94. The first-order valence-electron chi connectivity index (χ1n) is 8.91. The number of hydrogen-bond donors (Lipinski definition) is 2. The van der Waals surface area contributed by atoms with Crippen LogP contribution in [0.2, 0.25) is 0 Å². The molecule has 0 radical (unpaired) electrons. The fraction of sp³-hybridized carbons (Fsp3) is 0.526. The van der Waals surface area contributed by atoms with Crippen LogP contribution in [0, 0.1) is 11.8 Å². The number of ether oxygens (including phenoxy) is 1. The Morgan fingerprint density at radius 2 is 1.89 bits per heavy atom. The number of likely N-dealkylation sites (tertiary alicyclic amines) is 1. The number of carbonyl (C=O) groups excluding carboxylic acids is 3. The van der Waals surface area contributed by atoms with Gasteiger partial charge in [-0.25, -0.2) is 4.79 Å². The number of fused-ring (bicyclic) bond motifs is 1. The lowest BCUT2D eigenvalue weighted by molar-refractivity contribution is -0.156. The molecule has 0 aromatic heterocycles. The fourth-order valence-electron chi connectivity index (χ4n) is 4.22. The zero-order valence-electron chi connectivity index (χ0n) is 15.9. The number of esters is 1. The van der Waals surface area contributed by atoms with Gasteiger partial charge in [-0.3, -0.25) is 19.8 Å². The van der Waals surface area contributed by atoms with Crippen LogP contribution in [0.25, 0.3) is 0 Å². The summed E-state index contributed by atoms with van der Waals surface area (Å²) in [6.45, 7) is 1.30. The number of hydrogen-bond acceptors (Lipinski definition) is 7. The summed E-state index contributed by atoms with van der Waals surface area (Å²) in [6.07, 6.45) is 0. The highest BCUT2D eigenvalue weighted by Crippen LogP contribution is 2.49. The van der Waals surface area contributed by atoms with Crippen molar-refractivity contribution in [1.82, 2.24) is 10.2 Å². The van der Waals surface area contributed by atoms with Crippen LogP contribution in [-0.4, -0.2) is 67.7 Å². The van der Waals surface area contributed by atoms with E-state index in [0.29, 0.717) is 0 Å². The first-order valence-corrected chi connectivity index (χ1v) is 8.91. The number of aliphatic hydroxyl groups excluding tert-OH is 1. The topological polar surface area (TPSA) is 99.2 Å². The molecule has 1 aromatic carbocycles. The van der Waals surface area contributed by atoms with E-state index in [-0.39, 0.29) is 12.5 Å². The number of rotatable bonds is 5. The van der Waals surface area contributed by atoms with Crippen LogP contribution < -0.4 is 10.2 Å². The summed E-state index contributed by atoms with van der Waals surface area (Å²) in [7, 11) is 5.05. The Balaban J connectivity index is 2.09. The summed E-state index contributed by atoms with van der Waals surface area (Å²) in [5, 5.41) is 13.1. The molecule has 0 saturated carbocycles. The van der Waals surface area contributed by atoms with Crippen LogP contribution in [0.3, 0.4) is 0 Å². The van der Waals surface area contributed by atoms with E-state index < -0.39 is 41.9 Å². The average Bonchev–Trinajstić information content (AvgIpc) is 3.15. The standard InChI is InChI=1S/C19H25N3O5/c1-5-22-16(24)13-14(17(22)25)19(10-23,18(26)27-4)20-15(13)11-6-8-12(9-7-11)21(2)3/h6-9,13-15,20,23H,5,10H2,1-4H3/t13-,14+,15+,19-/m1/s1. The van der Waals surface area contributed by atoms with E-state index in [1.54, 1.807) is 6.92 Å². The van der Waals surface area contributed by atoms with Gasteiger partial charge >= 0.3 is 5.97 Å². The quantitative estimate of drug-likeness (QED) is 0.549. The minimum Gasteiger partial charge on any atom is -0.468 e. The van der Waals surface area contributed by atoms with Crippen LogP contribution >= 0.6 is 0 Å². The lowest BCUT2D eigenvalue weighted by Crippen LogP contribution is -2.58. The number of nitrogens with one attached hydrogen (secondary N) is 1. The molecule has 8 nitrogen and oxygen atoms in total. The smallest absolute Gasteiger partial charge is 0.329 e. The van der Waals surface area contributed by atoms with E-state index in [2.05, 4.69) is 5.32 Å². The number of nitrogens with zero attached hydrogens (tertiary/aromatic N) is 2. The van der Waals surface area contributed by atoms with Crippen LogP contribution in [-0.2, 0) is 19.1 Å². The summed E-state index contributed by atoms with van der Waals surface area (Å²) >= 11 is 0. The molecule has 8 heteroatoms. The van der Waals surface area contributed by atoms with Gasteiger partial charge in [-0.1, -0.05) is 12.1 Å². The Labute approximate surface area is 158 Å².